The van der Waals surface area contributed by atoms with Crippen LogP contribution in [0.2, 0.25) is 0 Å². The van der Waals surface area contributed by atoms with E-state index in [0.29, 0.717) is 12.0 Å². The maximum atomic E-state index is 12.2. The van der Waals surface area contributed by atoms with Gasteiger partial charge in [-0.2, -0.15) is 0 Å². The van der Waals surface area contributed by atoms with Crippen molar-refractivity contribution in [1.82, 2.24) is 5.32 Å². The average Bonchev–Trinajstić information content (AvgIpc) is 2.31. The molecule has 1 aliphatic carbocycles. The van der Waals surface area contributed by atoms with Crippen LogP contribution in [0.4, 0.5) is 0 Å². The number of sulfonamides is 1. The highest BCUT2D eigenvalue weighted by atomic mass is 32.2. The largest absolute Gasteiger partial charge is 0.349 e. The lowest BCUT2D eigenvalue weighted by molar-refractivity contribution is 0.0916. The minimum absolute atomic E-state index is 0.0246. The number of benzene rings is 1. The molecule has 1 fully saturated rings. The molecule has 2 rings (SSSR count). The van der Waals surface area contributed by atoms with Gasteiger partial charge in [-0.15, -0.1) is 0 Å². The Bertz CT molecular complexity index is 592. The van der Waals surface area contributed by atoms with Crippen molar-refractivity contribution in [3.05, 3.63) is 29.3 Å². The third kappa shape index (κ3) is 3.13. The quantitative estimate of drug-likeness (QED) is 0.869. The van der Waals surface area contributed by atoms with Crippen LogP contribution in [0.25, 0.3) is 0 Å². The third-order valence-corrected chi connectivity index (χ3v) is 4.39. The van der Waals surface area contributed by atoms with Gasteiger partial charge in [-0.25, -0.2) is 13.6 Å². The van der Waals surface area contributed by atoms with Crippen molar-refractivity contribution >= 4 is 15.9 Å². The van der Waals surface area contributed by atoms with Gasteiger partial charge in [0.1, 0.15) is 0 Å². The highest BCUT2D eigenvalue weighted by molar-refractivity contribution is 7.89. The predicted molar refractivity (Wildman–Crippen MR) is 72.3 cm³/mol. The highest BCUT2D eigenvalue weighted by Gasteiger charge is 2.22. The van der Waals surface area contributed by atoms with Crippen LogP contribution in [0, 0.1) is 0 Å². The van der Waals surface area contributed by atoms with Crippen LogP contribution < -0.4 is 10.5 Å². The van der Waals surface area contributed by atoms with E-state index in [0.717, 1.165) is 24.8 Å². The number of hydrogen-bond donors (Lipinski definition) is 2. The van der Waals surface area contributed by atoms with E-state index in [-0.39, 0.29) is 16.8 Å². The van der Waals surface area contributed by atoms with Crippen molar-refractivity contribution < 1.29 is 13.2 Å². The van der Waals surface area contributed by atoms with Crippen LogP contribution in [0.1, 0.15) is 42.1 Å². The number of nitrogens with one attached hydrogen (secondary N) is 1. The molecule has 0 bridgehead atoms. The molecule has 1 amide bonds. The topological polar surface area (TPSA) is 89.3 Å². The lowest BCUT2D eigenvalue weighted by atomic mass is 9.92. The number of aryl methyl sites for hydroxylation is 1. The summed E-state index contributed by atoms with van der Waals surface area (Å²) in [6, 6.07) is 4.67. The molecule has 0 heterocycles. The second-order valence-electron chi connectivity index (χ2n) is 4.82. The second kappa shape index (κ2) is 5.30. The van der Waals surface area contributed by atoms with Crippen LogP contribution in [0.5, 0.6) is 0 Å². The molecule has 5 nitrogen and oxygen atoms in total. The summed E-state index contributed by atoms with van der Waals surface area (Å²) in [5.41, 5.74) is 1.23. The summed E-state index contributed by atoms with van der Waals surface area (Å²) in [5.74, 6) is -0.216. The Morgan fingerprint density at radius 2 is 2.11 bits per heavy atom. The second-order valence-corrected chi connectivity index (χ2v) is 6.38. The maximum Gasteiger partial charge on any atom is 0.251 e. The van der Waals surface area contributed by atoms with E-state index in [1.165, 1.54) is 12.1 Å². The Hall–Kier alpha value is -1.40. The van der Waals surface area contributed by atoms with Crippen molar-refractivity contribution in [3.8, 4) is 0 Å². The summed E-state index contributed by atoms with van der Waals surface area (Å²) in [7, 11) is -3.78. The predicted octanol–water partition coefficient (Wildman–Crippen LogP) is 1.18. The molecule has 1 aromatic carbocycles. The van der Waals surface area contributed by atoms with Gasteiger partial charge >= 0.3 is 0 Å². The average molecular weight is 282 g/mol. The molecule has 0 radical (unpaired) electrons. The smallest absolute Gasteiger partial charge is 0.251 e. The Balaban J connectivity index is 2.32. The molecule has 0 saturated heterocycles. The van der Waals surface area contributed by atoms with E-state index in [4.69, 9.17) is 5.14 Å². The molecule has 1 aromatic rings. The van der Waals surface area contributed by atoms with Gasteiger partial charge in [-0.05, 0) is 43.4 Å². The fourth-order valence-corrected chi connectivity index (χ4v) is 2.61. The lowest BCUT2D eigenvalue weighted by Crippen LogP contribution is -2.39. The summed E-state index contributed by atoms with van der Waals surface area (Å²) in [4.78, 5) is 12.1. The Kier molecular flexibility index (Phi) is 3.91. The molecule has 0 aromatic heterocycles. The molecule has 1 saturated carbocycles. The fraction of sp³-hybridized carbons (Fsp3) is 0.462. The van der Waals surface area contributed by atoms with E-state index >= 15 is 0 Å². The SMILES string of the molecule is CCc1ccc(S(N)(=O)=O)cc1C(=O)NC1CCC1. The summed E-state index contributed by atoms with van der Waals surface area (Å²) in [5, 5.41) is 8.01. The van der Waals surface area contributed by atoms with E-state index in [9.17, 15) is 13.2 Å². The van der Waals surface area contributed by atoms with Gasteiger partial charge in [0.25, 0.3) is 5.91 Å². The normalized spacial score (nSPS) is 15.9. The van der Waals surface area contributed by atoms with E-state index < -0.39 is 10.0 Å². The van der Waals surface area contributed by atoms with Gasteiger partial charge in [0.2, 0.25) is 10.0 Å². The van der Waals surface area contributed by atoms with Gasteiger partial charge in [0.15, 0.2) is 0 Å². The zero-order chi connectivity index (χ0) is 14.0. The lowest BCUT2D eigenvalue weighted by Gasteiger charge is -2.26. The number of carbonyl (C=O) groups is 1. The zero-order valence-electron chi connectivity index (χ0n) is 10.8. The van der Waals surface area contributed by atoms with Gasteiger partial charge in [-0.3, -0.25) is 4.79 Å². The molecule has 0 unspecified atom stereocenters. The Labute approximate surface area is 113 Å². The molecule has 3 N–H and O–H groups in total. The summed E-state index contributed by atoms with van der Waals surface area (Å²) in [6.45, 7) is 1.92. The van der Waals surface area contributed by atoms with Gasteiger partial charge in [0.05, 0.1) is 4.90 Å². The van der Waals surface area contributed by atoms with Crippen LogP contribution >= 0.6 is 0 Å². The number of rotatable bonds is 4. The van der Waals surface area contributed by atoms with Gasteiger partial charge < -0.3 is 5.32 Å². The first-order valence-electron chi connectivity index (χ1n) is 6.38. The van der Waals surface area contributed by atoms with Crippen LogP contribution in [-0.2, 0) is 16.4 Å². The van der Waals surface area contributed by atoms with Gasteiger partial charge in [-0.1, -0.05) is 13.0 Å². The number of primary sulfonamides is 1. The first kappa shape index (κ1) is 14.0. The van der Waals surface area contributed by atoms with Crippen molar-refractivity contribution in [2.45, 2.75) is 43.5 Å². The number of carbonyl (C=O) groups excluding carboxylic acids is 1. The number of hydrogen-bond acceptors (Lipinski definition) is 3. The van der Waals surface area contributed by atoms with E-state index in [1.807, 2.05) is 6.92 Å². The standard InChI is InChI=1S/C13H18N2O3S/c1-2-9-6-7-11(19(14,17)18)8-12(9)13(16)15-10-4-3-5-10/h6-8,10H,2-5H2,1H3,(H,15,16)(H2,14,17,18). The molecule has 6 heteroatoms. The van der Waals surface area contributed by atoms with Crippen LogP contribution in [-0.4, -0.2) is 20.4 Å². The first-order valence-corrected chi connectivity index (χ1v) is 7.93. The van der Waals surface area contributed by atoms with Crippen LogP contribution in [0.3, 0.4) is 0 Å². The number of amides is 1. The van der Waals surface area contributed by atoms with Crippen molar-refractivity contribution in [2.24, 2.45) is 5.14 Å². The maximum absolute atomic E-state index is 12.2. The zero-order valence-corrected chi connectivity index (χ0v) is 11.7. The summed E-state index contributed by atoms with van der Waals surface area (Å²) < 4.78 is 22.7. The Morgan fingerprint density at radius 1 is 1.42 bits per heavy atom. The van der Waals surface area contributed by atoms with Crippen molar-refractivity contribution in [2.75, 3.05) is 0 Å². The molecule has 1 aliphatic rings. The van der Waals surface area contributed by atoms with Gasteiger partial charge in [0, 0.05) is 11.6 Å². The molecule has 0 atom stereocenters. The minimum Gasteiger partial charge on any atom is -0.349 e. The molecule has 19 heavy (non-hydrogen) atoms. The molecular formula is C13H18N2O3S. The van der Waals surface area contributed by atoms with E-state index in [2.05, 4.69) is 5.32 Å². The monoisotopic (exact) mass is 282 g/mol. The molecule has 104 valence electrons. The third-order valence-electron chi connectivity index (χ3n) is 3.48. The summed E-state index contributed by atoms with van der Waals surface area (Å²) in [6.07, 6.45) is 3.77. The molecular weight excluding hydrogens is 264 g/mol. The van der Waals surface area contributed by atoms with Crippen molar-refractivity contribution in [1.29, 1.82) is 0 Å². The van der Waals surface area contributed by atoms with Crippen LogP contribution in [0.15, 0.2) is 23.1 Å². The number of nitrogens with two attached hydrogens (primary N) is 1. The highest BCUT2D eigenvalue weighted by Crippen LogP contribution is 2.20. The fourth-order valence-electron chi connectivity index (χ4n) is 2.07. The van der Waals surface area contributed by atoms with E-state index in [1.54, 1.807) is 6.07 Å². The minimum atomic E-state index is -3.78. The Morgan fingerprint density at radius 3 is 2.58 bits per heavy atom. The first-order chi connectivity index (χ1) is 8.91. The van der Waals surface area contributed by atoms with Crippen molar-refractivity contribution in [3.63, 3.8) is 0 Å². The summed E-state index contributed by atoms with van der Waals surface area (Å²) >= 11 is 0. The molecule has 0 spiro atoms. The molecule has 0 aliphatic heterocycles.